The third kappa shape index (κ3) is 3.61. The second-order valence-electron chi connectivity index (χ2n) is 4.32. The van der Waals surface area contributed by atoms with E-state index >= 15 is 0 Å². The fourth-order valence-electron chi connectivity index (χ4n) is 1.08. The summed E-state index contributed by atoms with van der Waals surface area (Å²) in [4.78, 5) is 12.0. The van der Waals surface area contributed by atoms with Crippen molar-refractivity contribution in [2.75, 3.05) is 18.3 Å². The third-order valence-electron chi connectivity index (χ3n) is 2.37. The fourth-order valence-corrected chi connectivity index (χ4v) is 1.55. The van der Waals surface area contributed by atoms with Crippen LogP contribution in [0.25, 0.3) is 0 Å². The highest BCUT2D eigenvalue weighted by atomic mass is 79.9. The summed E-state index contributed by atoms with van der Waals surface area (Å²) < 4.78 is 5.91. The molecule has 1 aromatic carbocycles. The van der Waals surface area contributed by atoms with E-state index in [0.717, 1.165) is 4.47 Å². The summed E-state index contributed by atoms with van der Waals surface area (Å²) in [5.41, 5.74) is 0.0666. The summed E-state index contributed by atoms with van der Waals surface area (Å²) in [6.45, 7) is 3.59. The predicted molar refractivity (Wildman–Crippen MR) is 73.8 cm³/mol. The van der Waals surface area contributed by atoms with Gasteiger partial charge in [-0.05, 0) is 41.9 Å². The zero-order chi connectivity index (χ0) is 13.1. The van der Waals surface area contributed by atoms with Crippen LogP contribution in [0.4, 0.5) is 5.69 Å². The van der Waals surface area contributed by atoms with Crippen molar-refractivity contribution in [2.45, 2.75) is 13.8 Å². The maximum Gasteiger partial charge on any atom is 0.231 e. The number of hydrogen-bond donors (Lipinski definition) is 1. The molecule has 0 spiro atoms. The van der Waals surface area contributed by atoms with Crippen molar-refractivity contribution < 1.29 is 9.53 Å². The van der Waals surface area contributed by atoms with Crippen molar-refractivity contribution in [1.29, 1.82) is 0 Å². The quantitative estimate of drug-likeness (QED) is 0.860. The minimum Gasteiger partial charge on any atom is -0.497 e. The van der Waals surface area contributed by atoms with Gasteiger partial charge in [-0.25, -0.2) is 0 Å². The van der Waals surface area contributed by atoms with Crippen LogP contribution < -0.4 is 10.1 Å². The summed E-state index contributed by atoms with van der Waals surface area (Å²) in [5, 5.41) is 2.83. The Morgan fingerprint density at radius 2 is 2.18 bits per heavy atom. The van der Waals surface area contributed by atoms with Crippen molar-refractivity contribution in [1.82, 2.24) is 0 Å². The zero-order valence-electron chi connectivity index (χ0n) is 10.0. The average molecular weight is 321 g/mol. The Kier molecular flexibility index (Phi) is 4.83. The van der Waals surface area contributed by atoms with Gasteiger partial charge in [-0.15, -0.1) is 11.6 Å². The molecule has 94 valence electrons. The predicted octanol–water partition coefficient (Wildman–Crippen LogP) is 3.66. The highest BCUT2D eigenvalue weighted by Crippen LogP contribution is 2.29. The Morgan fingerprint density at radius 1 is 1.53 bits per heavy atom. The summed E-state index contributed by atoms with van der Waals surface area (Å²) in [6, 6.07) is 5.39. The summed E-state index contributed by atoms with van der Waals surface area (Å²) in [6.07, 6.45) is 0. The van der Waals surface area contributed by atoms with Crippen LogP contribution in [0.5, 0.6) is 5.75 Å². The van der Waals surface area contributed by atoms with Crippen LogP contribution in [0.1, 0.15) is 13.8 Å². The van der Waals surface area contributed by atoms with Gasteiger partial charge in [-0.3, -0.25) is 4.79 Å². The Balaban J connectivity index is 2.91. The molecule has 5 heteroatoms. The SMILES string of the molecule is COc1ccc(Br)c(NC(=O)C(C)(C)CCl)c1. The van der Waals surface area contributed by atoms with Crippen LogP contribution in [0, 0.1) is 5.41 Å². The summed E-state index contributed by atoms with van der Waals surface area (Å²) >= 11 is 9.13. The molecular formula is C12H15BrClNO2. The molecule has 0 bridgehead atoms. The molecule has 0 saturated carbocycles. The van der Waals surface area contributed by atoms with Crippen LogP contribution in [-0.2, 0) is 4.79 Å². The smallest absolute Gasteiger partial charge is 0.231 e. The molecule has 0 unspecified atom stereocenters. The van der Waals surface area contributed by atoms with E-state index < -0.39 is 5.41 Å². The Labute approximate surface area is 115 Å². The molecule has 0 aliphatic carbocycles. The van der Waals surface area contributed by atoms with Gasteiger partial charge in [0.2, 0.25) is 5.91 Å². The second-order valence-corrected chi connectivity index (χ2v) is 5.44. The molecule has 0 aliphatic rings. The Morgan fingerprint density at radius 3 is 2.71 bits per heavy atom. The van der Waals surface area contributed by atoms with Gasteiger partial charge in [0.15, 0.2) is 0 Å². The number of anilines is 1. The van der Waals surface area contributed by atoms with E-state index in [0.29, 0.717) is 11.4 Å². The normalized spacial score (nSPS) is 11.1. The maximum atomic E-state index is 12.0. The molecular weight excluding hydrogens is 305 g/mol. The maximum absolute atomic E-state index is 12.0. The van der Waals surface area contributed by atoms with Gasteiger partial charge in [0.05, 0.1) is 18.2 Å². The van der Waals surface area contributed by atoms with Crippen LogP contribution >= 0.6 is 27.5 Å². The number of methoxy groups -OCH3 is 1. The van der Waals surface area contributed by atoms with Gasteiger partial charge in [0, 0.05) is 16.4 Å². The lowest BCUT2D eigenvalue weighted by Gasteiger charge is -2.21. The number of alkyl halides is 1. The number of hydrogen-bond acceptors (Lipinski definition) is 2. The molecule has 1 rings (SSSR count). The lowest BCUT2D eigenvalue weighted by molar-refractivity contribution is -0.122. The van der Waals surface area contributed by atoms with Crippen molar-refractivity contribution in [3.05, 3.63) is 22.7 Å². The fraction of sp³-hybridized carbons (Fsp3) is 0.417. The Hall–Kier alpha value is -0.740. The second kappa shape index (κ2) is 5.74. The third-order valence-corrected chi connectivity index (χ3v) is 3.73. The van der Waals surface area contributed by atoms with E-state index in [1.165, 1.54) is 0 Å². The lowest BCUT2D eigenvalue weighted by Crippen LogP contribution is -2.32. The number of benzene rings is 1. The van der Waals surface area contributed by atoms with E-state index in [4.69, 9.17) is 16.3 Å². The van der Waals surface area contributed by atoms with Crippen molar-refractivity contribution in [3.8, 4) is 5.75 Å². The summed E-state index contributed by atoms with van der Waals surface area (Å²) in [7, 11) is 1.58. The van der Waals surface area contributed by atoms with Crippen molar-refractivity contribution >= 4 is 39.1 Å². The molecule has 0 fully saturated rings. The molecule has 0 atom stereocenters. The lowest BCUT2D eigenvalue weighted by atomic mass is 9.95. The topological polar surface area (TPSA) is 38.3 Å². The standard InChI is InChI=1S/C12H15BrClNO2/c1-12(2,7-14)11(16)15-10-6-8(17-3)4-5-9(10)13/h4-6H,7H2,1-3H3,(H,15,16). The van der Waals surface area contributed by atoms with Crippen molar-refractivity contribution in [2.24, 2.45) is 5.41 Å². The number of carbonyl (C=O) groups excluding carboxylic acids is 1. The van der Waals surface area contributed by atoms with Gasteiger partial charge in [-0.2, -0.15) is 0 Å². The largest absolute Gasteiger partial charge is 0.497 e. The number of carbonyl (C=O) groups is 1. The highest BCUT2D eigenvalue weighted by molar-refractivity contribution is 9.10. The number of amides is 1. The van der Waals surface area contributed by atoms with Crippen molar-refractivity contribution in [3.63, 3.8) is 0 Å². The Bertz CT molecular complexity index is 421. The molecule has 1 aromatic rings. The van der Waals surface area contributed by atoms with E-state index in [1.807, 2.05) is 12.1 Å². The van der Waals surface area contributed by atoms with E-state index in [9.17, 15) is 4.79 Å². The number of rotatable bonds is 4. The number of ether oxygens (including phenoxy) is 1. The number of nitrogens with one attached hydrogen (secondary N) is 1. The van der Waals surface area contributed by atoms with Gasteiger partial charge in [0.1, 0.15) is 5.75 Å². The molecule has 0 radical (unpaired) electrons. The number of halogens is 2. The molecule has 0 heterocycles. The first-order chi connectivity index (χ1) is 7.90. The average Bonchev–Trinajstić information content (AvgIpc) is 2.31. The van der Waals surface area contributed by atoms with Gasteiger partial charge in [-0.1, -0.05) is 0 Å². The van der Waals surface area contributed by atoms with E-state index in [2.05, 4.69) is 21.2 Å². The van der Waals surface area contributed by atoms with Gasteiger partial charge < -0.3 is 10.1 Å². The van der Waals surface area contributed by atoms with Crippen LogP contribution in [0.15, 0.2) is 22.7 Å². The molecule has 0 aliphatic heterocycles. The molecule has 1 N–H and O–H groups in total. The first kappa shape index (κ1) is 14.3. The minimum atomic E-state index is -0.607. The first-order valence-corrected chi connectivity index (χ1v) is 6.44. The molecule has 0 saturated heterocycles. The highest BCUT2D eigenvalue weighted by Gasteiger charge is 2.26. The first-order valence-electron chi connectivity index (χ1n) is 5.11. The molecule has 0 aromatic heterocycles. The molecule has 3 nitrogen and oxygen atoms in total. The minimum absolute atomic E-state index is 0.124. The molecule has 1 amide bonds. The molecule has 17 heavy (non-hydrogen) atoms. The zero-order valence-corrected chi connectivity index (χ0v) is 12.4. The van der Waals surface area contributed by atoms with Gasteiger partial charge >= 0.3 is 0 Å². The van der Waals surface area contributed by atoms with Crippen LogP contribution in [0.3, 0.4) is 0 Å². The van der Waals surface area contributed by atoms with Crippen LogP contribution in [0.2, 0.25) is 0 Å². The van der Waals surface area contributed by atoms with Crippen LogP contribution in [-0.4, -0.2) is 18.9 Å². The summed E-state index contributed by atoms with van der Waals surface area (Å²) in [5.74, 6) is 0.828. The van der Waals surface area contributed by atoms with E-state index in [1.54, 1.807) is 27.0 Å². The van der Waals surface area contributed by atoms with Gasteiger partial charge in [0.25, 0.3) is 0 Å². The van der Waals surface area contributed by atoms with E-state index in [-0.39, 0.29) is 11.8 Å². The monoisotopic (exact) mass is 319 g/mol.